The Hall–Kier alpha value is -8.28. The van der Waals surface area contributed by atoms with Crippen LogP contribution >= 0.6 is 0 Å². The Balaban J connectivity index is 1.48. The molecule has 0 saturated carbocycles. The topological polar surface area (TPSA) is 235 Å². The van der Waals surface area contributed by atoms with E-state index in [0.29, 0.717) is 0 Å². The van der Waals surface area contributed by atoms with Crippen LogP contribution in [0.3, 0.4) is 0 Å². The van der Waals surface area contributed by atoms with Crippen LogP contribution in [-0.4, -0.2) is 103 Å². The molecule has 0 saturated heterocycles. The summed E-state index contributed by atoms with van der Waals surface area (Å²) in [5.74, 6) is -6.15. The zero-order valence-corrected chi connectivity index (χ0v) is 31.2. The fraction of sp³-hybridized carbons (Fsp3) is 0.143. The van der Waals surface area contributed by atoms with Gasteiger partial charge in [-0.3, -0.25) is 29.9 Å². The predicted molar refractivity (Wildman–Crippen MR) is 203 cm³/mol. The van der Waals surface area contributed by atoms with Crippen LogP contribution in [0.5, 0.6) is 0 Å². The number of aromatic nitrogens is 6. The van der Waals surface area contributed by atoms with Crippen molar-refractivity contribution >= 4 is 35.8 Å². The molecule has 302 valence electrons. The van der Waals surface area contributed by atoms with Crippen LogP contribution in [0.1, 0.15) is 62.1 Å². The average molecular weight is 813 g/mol. The van der Waals surface area contributed by atoms with Crippen molar-refractivity contribution in [3.8, 4) is 0 Å². The number of rotatable bonds is 17. The summed E-state index contributed by atoms with van der Waals surface area (Å²) in [5.41, 5.74) is -0.375. The Morgan fingerprint density at radius 3 is 0.817 bits per heavy atom. The number of carbonyl (C=O) groups excluding carboxylic acids is 6. The van der Waals surface area contributed by atoms with Gasteiger partial charge in [0.1, 0.15) is 13.2 Å². The van der Waals surface area contributed by atoms with E-state index in [0.717, 1.165) is 0 Å². The van der Waals surface area contributed by atoms with Crippen LogP contribution in [0.25, 0.3) is 0 Å². The van der Waals surface area contributed by atoms with Crippen LogP contribution < -0.4 is 0 Å². The lowest BCUT2D eigenvalue weighted by molar-refractivity contribution is -0.138. The first-order valence-corrected chi connectivity index (χ1v) is 17.8. The van der Waals surface area contributed by atoms with Crippen molar-refractivity contribution in [2.24, 2.45) is 0 Å². The summed E-state index contributed by atoms with van der Waals surface area (Å²) < 4.78 is 35.0. The monoisotopic (exact) mass is 812 g/mol. The highest BCUT2D eigenvalue weighted by atomic mass is 16.6. The van der Waals surface area contributed by atoms with Crippen LogP contribution in [0, 0.1) is 0 Å². The Morgan fingerprint density at radius 2 is 0.583 bits per heavy atom. The molecule has 6 heterocycles. The maximum atomic E-state index is 14.0. The number of esters is 6. The van der Waals surface area contributed by atoms with Crippen molar-refractivity contribution in [1.82, 2.24) is 29.9 Å². The van der Waals surface area contributed by atoms with E-state index in [9.17, 15) is 28.8 Å². The number of carbonyl (C=O) groups is 6. The molecule has 0 radical (unpaired) electrons. The van der Waals surface area contributed by atoms with Gasteiger partial charge in [-0.15, -0.1) is 0 Å². The van der Waals surface area contributed by atoms with E-state index >= 15 is 0 Å². The van der Waals surface area contributed by atoms with Gasteiger partial charge in [0.2, 0.25) is 0 Å². The molecule has 60 heavy (non-hydrogen) atoms. The summed E-state index contributed by atoms with van der Waals surface area (Å²) >= 11 is 0. The largest absolute Gasteiger partial charge is 0.458 e. The molecule has 0 aliphatic heterocycles. The van der Waals surface area contributed by atoms with E-state index in [1.165, 1.54) is 147 Å². The lowest BCUT2D eigenvalue weighted by Gasteiger charge is -2.35. The lowest BCUT2D eigenvalue weighted by atomic mass is 10.0. The number of hydrogen-bond acceptors (Lipinski definition) is 18. The van der Waals surface area contributed by atoms with E-state index in [-0.39, 0.29) is 33.4 Å². The van der Waals surface area contributed by atoms with Crippen LogP contribution in [0.2, 0.25) is 0 Å². The molecule has 6 aromatic heterocycles. The Labute approximate surface area is 340 Å². The predicted octanol–water partition coefficient (Wildman–Crippen LogP) is 3.97. The molecule has 0 amide bonds. The normalized spacial score (nSPS) is 12.6. The number of ether oxygens (including phenoxy) is 6. The Kier molecular flexibility index (Phi) is 14.3. The van der Waals surface area contributed by atoms with E-state index < -0.39 is 73.4 Å². The van der Waals surface area contributed by atoms with Crippen molar-refractivity contribution in [1.29, 1.82) is 0 Å². The van der Waals surface area contributed by atoms with Gasteiger partial charge in [-0.25, -0.2) is 28.8 Å². The molecule has 0 unspecified atom stereocenters. The highest BCUT2D eigenvalue weighted by Gasteiger charge is 2.46. The van der Waals surface area contributed by atoms with E-state index in [1.54, 1.807) is 0 Å². The van der Waals surface area contributed by atoms with Crippen LogP contribution in [0.4, 0.5) is 0 Å². The highest BCUT2D eigenvalue weighted by molar-refractivity contribution is 5.92. The minimum absolute atomic E-state index is 0.00360. The first kappa shape index (κ1) is 41.4. The molecule has 0 N–H and O–H groups in total. The average Bonchev–Trinajstić information content (AvgIpc) is 3.31. The summed E-state index contributed by atoms with van der Waals surface area (Å²) in [7, 11) is 0. The third-order valence-electron chi connectivity index (χ3n) is 8.20. The number of pyridine rings is 6. The van der Waals surface area contributed by atoms with Crippen molar-refractivity contribution in [2.45, 2.75) is 24.4 Å². The molecule has 4 atom stereocenters. The van der Waals surface area contributed by atoms with Crippen LogP contribution in [-0.2, 0) is 28.4 Å². The Morgan fingerprint density at radius 1 is 0.350 bits per heavy atom. The fourth-order valence-corrected chi connectivity index (χ4v) is 5.28. The van der Waals surface area contributed by atoms with E-state index in [2.05, 4.69) is 29.9 Å². The van der Waals surface area contributed by atoms with Gasteiger partial charge in [-0.1, -0.05) is 0 Å². The van der Waals surface area contributed by atoms with Crippen molar-refractivity contribution in [2.75, 3.05) is 13.2 Å². The molecular formula is C42H32N6O12. The minimum atomic E-state index is -2.02. The van der Waals surface area contributed by atoms with Crippen molar-refractivity contribution in [3.63, 3.8) is 0 Å². The third-order valence-corrected chi connectivity index (χ3v) is 8.20. The number of nitrogens with zero attached hydrogens (tertiary/aromatic N) is 6. The van der Waals surface area contributed by atoms with Crippen molar-refractivity contribution in [3.05, 3.63) is 181 Å². The van der Waals surface area contributed by atoms with Crippen LogP contribution in [0.15, 0.2) is 147 Å². The first-order chi connectivity index (χ1) is 29.3. The second-order valence-corrected chi connectivity index (χ2v) is 12.3. The lowest BCUT2D eigenvalue weighted by Crippen LogP contribution is -2.54. The van der Waals surface area contributed by atoms with Gasteiger partial charge in [0, 0.05) is 74.4 Å². The minimum Gasteiger partial charge on any atom is -0.458 e. The standard InChI is InChI=1S/C42H32N6O12/c49-37(27-7-1-13-43-19-27)55-25-33(57-39(51)29-9-3-15-45-21-29)35(59-41(53)31-11-5-17-47-23-31)36(60-42(54)32-12-6-18-48-24-32)34(58-40(52)30-10-4-16-46-22-30)26-56-38(50)28-8-2-14-44-20-28/h1-24,33-36H,25-26H2/t33-,34+,35-,36-/m0/s1. The quantitative estimate of drug-likeness (QED) is 0.0935. The van der Waals surface area contributed by atoms with Gasteiger partial charge < -0.3 is 28.4 Å². The van der Waals surface area contributed by atoms with E-state index in [4.69, 9.17) is 28.4 Å². The second kappa shape index (κ2) is 20.8. The maximum Gasteiger partial charge on any atom is 0.340 e. The molecule has 18 heteroatoms. The molecule has 0 fully saturated rings. The van der Waals surface area contributed by atoms with Gasteiger partial charge in [-0.2, -0.15) is 0 Å². The maximum absolute atomic E-state index is 14.0. The molecule has 6 aromatic rings. The first-order valence-electron chi connectivity index (χ1n) is 17.8. The smallest absolute Gasteiger partial charge is 0.340 e. The second-order valence-electron chi connectivity index (χ2n) is 12.3. The van der Waals surface area contributed by atoms with Gasteiger partial charge in [0.05, 0.1) is 33.4 Å². The molecule has 6 rings (SSSR count). The molecule has 0 aliphatic rings. The molecule has 18 nitrogen and oxygen atoms in total. The summed E-state index contributed by atoms with van der Waals surface area (Å²) in [6.45, 7) is -1.71. The van der Waals surface area contributed by atoms with Gasteiger partial charge in [0.25, 0.3) is 0 Å². The Bertz CT molecular complexity index is 2200. The molecule has 0 aliphatic carbocycles. The van der Waals surface area contributed by atoms with Gasteiger partial charge in [-0.05, 0) is 72.8 Å². The summed E-state index contributed by atoms with van der Waals surface area (Å²) in [6, 6.07) is 17.1. The van der Waals surface area contributed by atoms with E-state index in [1.807, 2.05) is 0 Å². The number of hydrogen-bond donors (Lipinski definition) is 0. The molecule has 0 bridgehead atoms. The van der Waals surface area contributed by atoms with Crippen molar-refractivity contribution < 1.29 is 57.2 Å². The molecular weight excluding hydrogens is 780 g/mol. The summed E-state index contributed by atoms with van der Waals surface area (Å²) in [6.07, 6.45) is 7.86. The molecule has 0 spiro atoms. The summed E-state index contributed by atoms with van der Waals surface area (Å²) in [5, 5.41) is 0. The summed E-state index contributed by atoms with van der Waals surface area (Å²) in [4.78, 5) is 106. The van der Waals surface area contributed by atoms with Gasteiger partial charge in [0.15, 0.2) is 24.4 Å². The van der Waals surface area contributed by atoms with Gasteiger partial charge >= 0.3 is 35.8 Å². The third kappa shape index (κ3) is 11.4. The fourth-order valence-electron chi connectivity index (χ4n) is 5.28. The highest BCUT2D eigenvalue weighted by Crippen LogP contribution is 2.25. The zero-order valence-electron chi connectivity index (χ0n) is 31.2. The zero-order chi connectivity index (χ0) is 42.1. The molecule has 0 aromatic carbocycles. The SMILES string of the molecule is O=C(OC[C@H](OC(=O)c1cccnc1)[C@H](OC(=O)c1cccnc1)[C@@H](OC(=O)c1cccnc1)[C@@H](COC(=O)c1cccnc1)OC(=O)c1cccnc1)c1cccnc1.